The molecule has 0 saturated carbocycles. The van der Waals surface area contributed by atoms with Gasteiger partial charge in [-0.2, -0.15) is 0 Å². The van der Waals surface area contributed by atoms with E-state index in [1.54, 1.807) is 0 Å². The van der Waals surface area contributed by atoms with E-state index < -0.39 is 0 Å². The van der Waals surface area contributed by atoms with Gasteiger partial charge in [0.15, 0.2) is 0 Å². The van der Waals surface area contributed by atoms with Gasteiger partial charge in [-0.1, -0.05) is 31.3 Å². The molecule has 0 unspecified atom stereocenters. The van der Waals surface area contributed by atoms with Crippen LogP contribution >= 0.6 is 0 Å². The summed E-state index contributed by atoms with van der Waals surface area (Å²) in [6.45, 7) is 5.62. The number of carbonyl (C=O) groups is 1. The van der Waals surface area contributed by atoms with Crippen LogP contribution in [0.3, 0.4) is 0 Å². The van der Waals surface area contributed by atoms with Crippen molar-refractivity contribution in [3.63, 3.8) is 0 Å². The average molecular weight is 188 g/mol. The summed E-state index contributed by atoms with van der Waals surface area (Å²) in [5.41, 5.74) is 3.29. The molecule has 0 spiro atoms. The van der Waals surface area contributed by atoms with Crippen LogP contribution < -0.4 is 10.8 Å². The van der Waals surface area contributed by atoms with Crippen LogP contribution in [0.4, 0.5) is 5.69 Å². The topological polar surface area (TPSA) is 29.1 Å². The van der Waals surface area contributed by atoms with Crippen LogP contribution in [0.1, 0.15) is 19.4 Å². The Kier molecular flexibility index (Phi) is 3.75. The van der Waals surface area contributed by atoms with Crippen LogP contribution in [-0.4, -0.2) is 13.2 Å². The third-order valence-electron chi connectivity index (χ3n) is 2.15. The molecule has 2 nitrogen and oxygen atoms in total. The number of hydrogen-bond acceptors (Lipinski definition) is 1. The Morgan fingerprint density at radius 2 is 2.21 bits per heavy atom. The molecule has 1 N–H and O–H groups in total. The second-order valence-corrected chi connectivity index (χ2v) is 3.24. The van der Waals surface area contributed by atoms with E-state index >= 15 is 0 Å². The quantitative estimate of drug-likeness (QED) is 0.717. The van der Waals surface area contributed by atoms with E-state index in [-0.39, 0.29) is 5.91 Å². The fraction of sp³-hybridized carbons (Fsp3) is 0.364. The van der Waals surface area contributed by atoms with Crippen molar-refractivity contribution in [2.24, 2.45) is 0 Å². The molecule has 0 atom stereocenters. The van der Waals surface area contributed by atoms with Crippen LogP contribution in [0.15, 0.2) is 18.2 Å². The number of aryl methyl sites for hydroxylation is 1. The van der Waals surface area contributed by atoms with Crippen LogP contribution in [0, 0.1) is 0 Å². The van der Waals surface area contributed by atoms with Crippen LogP contribution in [-0.2, 0) is 11.2 Å². The summed E-state index contributed by atoms with van der Waals surface area (Å²) >= 11 is 0. The summed E-state index contributed by atoms with van der Waals surface area (Å²) in [5.74, 6) is -0.0204. The molecule has 0 fully saturated rings. The summed E-state index contributed by atoms with van der Waals surface area (Å²) in [6, 6.07) is 6.06. The standard InChI is InChI=1S/C11H15BNO/c1-4-9-7-10(12-3)5-6-11(9)13-8(2)14/h5-7H,4H2,1-3H3,(H,13,14). The molecule has 0 bridgehead atoms. The lowest BCUT2D eigenvalue weighted by molar-refractivity contribution is -0.114. The maximum Gasteiger partial charge on any atom is 0.221 e. The van der Waals surface area contributed by atoms with E-state index in [9.17, 15) is 4.79 Å². The van der Waals surface area contributed by atoms with Crippen molar-refractivity contribution >= 4 is 24.3 Å². The SMILES string of the molecule is C[B]c1ccc(NC(C)=O)c(CC)c1. The summed E-state index contributed by atoms with van der Waals surface area (Å²) < 4.78 is 0. The van der Waals surface area contributed by atoms with E-state index in [4.69, 9.17) is 0 Å². The Labute approximate surface area is 86.0 Å². The molecule has 1 amide bonds. The highest BCUT2D eigenvalue weighted by Gasteiger charge is 2.02. The number of nitrogens with one attached hydrogen (secondary N) is 1. The van der Waals surface area contributed by atoms with Crippen LogP contribution in [0.25, 0.3) is 0 Å². The van der Waals surface area contributed by atoms with Gasteiger partial charge in [0.2, 0.25) is 5.91 Å². The molecule has 3 heteroatoms. The number of rotatable bonds is 3. The molecule has 1 radical (unpaired) electrons. The van der Waals surface area contributed by atoms with E-state index in [0.717, 1.165) is 12.1 Å². The van der Waals surface area contributed by atoms with Crippen molar-refractivity contribution in [2.75, 3.05) is 5.32 Å². The first-order chi connectivity index (χ1) is 6.67. The van der Waals surface area contributed by atoms with Crippen LogP contribution in [0.2, 0.25) is 6.82 Å². The van der Waals surface area contributed by atoms with Crippen molar-refractivity contribution in [3.05, 3.63) is 23.8 Å². The molecule has 0 aliphatic heterocycles. The Bertz CT molecular complexity index is 336. The molecule has 1 aromatic rings. The van der Waals surface area contributed by atoms with E-state index in [2.05, 4.69) is 25.6 Å². The fourth-order valence-corrected chi connectivity index (χ4v) is 1.40. The van der Waals surface area contributed by atoms with Gasteiger partial charge in [-0.25, -0.2) is 0 Å². The number of hydrogen-bond donors (Lipinski definition) is 1. The van der Waals surface area contributed by atoms with E-state index in [1.165, 1.54) is 17.9 Å². The summed E-state index contributed by atoms with van der Waals surface area (Å²) in [5, 5.41) is 2.82. The Hall–Kier alpha value is -1.25. The average Bonchev–Trinajstić information content (AvgIpc) is 2.17. The Morgan fingerprint density at radius 1 is 1.50 bits per heavy atom. The monoisotopic (exact) mass is 188 g/mol. The van der Waals surface area contributed by atoms with Gasteiger partial charge in [0.25, 0.3) is 0 Å². The molecule has 0 aromatic heterocycles. The van der Waals surface area contributed by atoms with E-state index in [0.29, 0.717) is 0 Å². The van der Waals surface area contributed by atoms with Crippen molar-refractivity contribution in [1.82, 2.24) is 0 Å². The molecule has 0 aliphatic carbocycles. The van der Waals surface area contributed by atoms with E-state index in [1.807, 2.05) is 19.0 Å². The fourth-order valence-electron chi connectivity index (χ4n) is 1.40. The maximum absolute atomic E-state index is 10.9. The van der Waals surface area contributed by atoms with Gasteiger partial charge in [0, 0.05) is 12.6 Å². The molecule has 1 rings (SSSR count). The lowest BCUT2D eigenvalue weighted by Crippen LogP contribution is -2.14. The second kappa shape index (κ2) is 4.84. The van der Waals surface area contributed by atoms with Gasteiger partial charge in [-0.05, 0) is 18.1 Å². The third kappa shape index (κ3) is 2.62. The highest BCUT2D eigenvalue weighted by molar-refractivity contribution is 6.51. The summed E-state index contributed by atoms with van der Waals surface area (Å²) in [6.07, 6.45) is 0.928. The van der Waals surface area contributed by atoms with Gasteiger partial charge >= 0.3 is 0 Å². The zero-order chi connectivity index (χ0) is 10.6. The normalized spacial score (nSPS) is 9.64. The van der Waals surface area contributed by atoms with Gasteiger partial charge in [0.05, 0.1) is 0 Å². The van der Waals surface area contributed by atoms with Crippen molar-refractivity contribution < 1.29 is 4.79 Å². The number of carbonyl (C=O) groups excluding carboxylic acids is 1. The third-order valence-corrected chi connectivity index (χ3v) is 2.15. The van der Waals surface area contributed by atoms with Gasteiger partial charge in [-0.3, -0.25) is 4.79 Å². The zero-order valence-electron chi connectivity index (χ0n) is 8.92. The first-order valence-electron chi connectivity index (χ1n) is 4.87. The lowest BCUT2D eigenvalue weighted by Gasteiger charge is -2.09. The van der Waals surface area contributed by atoms with Crippen molar-refractivity contribution in [1.29, 1.82) is 0 Å². The molecule has 1 aromatic carbocycles. The smallest absolute Gasteiger partial charge is 0.221 e. The van der Waals surface area contributed by atoms with Gasteiger partial charge in [-0.15, -0.1) is 0 Å². The molecule has 0 saturated heterocycles. The summed E-state index contributed by atoms with van der Waals surface area (Å²) in [7, 11) is 2.05. The molecular formula is C11H15BNO. The Balaban J connectivity index is 2.98. The minimum Gasteiger partial charge on any atom is -0.326 e. The van der Waals surface area contributed by atoms with Crippen molar-refractivity contribution in [3.8, 4) is 0 Å². The molecule has 0 aliphatic rings. The Morgan fingerprint density at radius 3 is 2.71 bits per heavy atom. The minimum atomic E-state index is -0.0204. The summed E-state index contributed by atoms with van der Waals surface area (Å²) in [4.78, 5) is 10.9. The van der Waals surface area contributed by atoms with Gasteiger partial charge < -0.3 is 5.32 Å². The number of amides is 1. The minimum absolute atomic E-state index is 0.0204. The lowest BCUT2D eigenvalue weighted by atomic mass is 9.73. The molecule has 73 valence electrons. The first-order valence-corrected chi connectivity index (χ1v) is 4.87. The maximum atomic E-state index is 10.9. The number of anilines is 1. The molecule has 0 heterocycles. The largest absolute Gasteiger partial charge is 0.326 e. The predicted molar refractivity (Wildman–Crippen MR) is 61.4 cm³/mol. The predicted octanol–water partition coefficient (Wildman–Crippen LogP) is 1.58. The van der Waals surface area contributed by atoms with Crippen LogP contribution in [0.5, 0.6) is 0 Å². The second-order valence-electron chi connectivity index (χ2n) is 3.24. The highest BCUT2D eigenvalue weighted by Crippen LogP contribution is 2.14. The zero-order valence-corrected chi connectivity index (χ0v) is 8.92. The number of benzene rings is 1. The molecule has 14 heavy (non-hydrogen) atoms. The van der Waals surface area contributed by atoms with Gasteiger partial charge in [0.1, 0.15) is 7.28 Å². The van der Waals surface area contributed by atoms with Crippen molar-refractivity contribution in [2.45, 2.75) is 27.1 Å². The highest BCUT2D eigenvalue weighted by atomic mass is 16.1. The first kappa shape index (κ1) is 10.8. The molecular weight excluding hydrogens is 173 g/mol.